The molecule has 0 spiro atoms. The minimum atomic E-state index is -1.36. The molecule has 2 aromatic heterocycles. The number of fused-ring (bicyclic) bond motifs is 1. The lowest BCUT2D eigenvalue weighted by Crippen LogP contribution is -2.50. The molecular formula is C26H29F2N5O4. The number of rotatable bonds is 8. The van der Waals surface area contributed by atoms with Gasteiger partial charge in [-0.15, -0.1) is 0 Å². The van der Waals surface area contributed by atoms with Gasteiger partial charge in [0.25, 0.3) is 5.91 Å². The molecular weight excluding hydrogens is 484 g/mol. The van der Waals surface area contributed by atoms with Crippen LogP contribution in [0.2, 0.25) is 0 Å². The molecule has 37 heavy (non-hydrogen) atoms. The van der Waals surface area contributed by atoms with Gasteiger partial charge in [0.2, 0.25) is 5.91 Å². The zero-order valence-electron chi connectivity index (χ0n) is 20.4. The van der Waals surface area contributed by atoms with Crippen LogP contribution in [0.15, 0.2) is 24.5 Å². The normalized spacial score (nSPS) is 21.6. The van der Waals surface area contributed by atoms with Crippen LogP contribution in [-0.4, -0.2) is 63.3 Å². The standard InChI is InChI=1S/C26H29F2N5O4/c1-13-22(26(36)33-19-6-5-16(9-18(19)28)32-21(35)10-34)24-25(31-13)23(29-12-30-24)17-8-15(27)4-7-20(17)37-11-14-2-3-14/h4,7-8,12,14,16,18-19,31,34H,2-3,5-6,9-11H2,1H3,(H,32,35)(H,33,36). The fraction of sp³-hybridized carbons (Fsp3) is 0.462. The Kier molecular flexibility index (Phi) is 7.05. The summed E-state index contributed by atoms with van der Waals surface area (Å²) in [5, 5.41) is 14.2. The number of amides is 2. The minimum Gasteiger partial charge on any atom is -0.493 e. The van der Waals surface area contributed by atoms with Gasteiger partial charge >= 0.3 is 0 Å². The molecule has 0 saturated heterocycles. The van der Waals surface area contributed by atoms with Crippen molar-refractivity contribution < 1.29 is 28.2 Å². The number of aromatic amines is 1. The van der Waals surface area contributed by atoms with E-state index in [9.17, 15) is 18.4 Å². The molecule has 0 radical (unpaired) electrons. The van der Waals surface area contributed by atoms with E-state index in [0.29, 0.717) is 59.1 Å². The predicted octanol–water partition coefficient (Wildman–Crippen LogP) is 2.96. The van der Waals surface area contributed by atoms with Gasteiger partial charge in [0.05, 0.1) is 23.7 Å². The van der Waals surface area contributed by atoms with Crippen LogP contribution in [0.4, 0.5) is 8.78 Å². The number of alkyl halides is 1. The molecule has 2 heterocycles. The fourth-order valence-electron chi connectivity index (χ4n) is 4.83. The Morgan fingerprint density at radius 2 is 2.00 bits per heavy atom. The number of H-pyrrole nitrogens is 1. The Bertz CT molecular complexity index is 1330. The maximum Gasteiger partial charge on any atom is 0.255 e. The lowest BCUT2D eigenvalue weighted by atomic mass is 9.89. The molecule has 2 fully saturated rings. The van der Waals surface area contributed by atoms with Crippen LogP contribution in [0, 0.1) is 18.7 Å². The number of hydrogen-bond acceptors (Lipinski definition) is 6. The third kappa shape index (κ3) is 5.41. The largest absolute Gasteiger partial charge is 0.493 e. The van der Waals surface area contributed by atoms with Crippen molar-refractivity contribution in [2.75, 3.05) is 13.2 Å². The highest BCUT2D eigenvalue weighted by Gasteiger charge is 2.33. The van der Waals surface area contributed by atoms with E-state index in [1.165, 1.54) is 18.5 Å². The van der Waals surface area contributed by atoms with E-state index >= 15 is 0 Å². The summed E-state index contributed by atoms with van der Waals surface area (Å²) in [6.07, 6.45) is 3.01. The average molecular weight is 514 g/mol. The van der Waals surface area contributed by atoms with E-state index in [0.717, 1.165) is 12.8 Å². The maximum absolute atomic E-state index is 14.9. The van der Waals surface area contributed by atoms with Gasteiger partial charge in [0.1, 0.15) is 41.9 Å². The molecule has 9 nitrogen and oxygen atoms in total. The van der Waals surface area contributed by atoms with Crippen LogP contribution in [0.1, 0.15) is 48.2 Å². The van der Waals surface area contributed by atoms with Crippen LogP contribution >= 0.6 is 0 Å². The molecule has 5 rings (SSSR count). The maximum atomic E-state index is 14.9. The third-order valence-corrected chi connectivity index (χ3v) is 6.96. The summed E-state index contributed by atoms with van der Waals surface area (Å²) < 4.78 is 35.0. The number of hydrogen-bond donors (Lipinski definition) is 4. The second-order valence-electron chi connectivity index (χ2n) is 9.80. The molecule has 2 amide bonds. The van der Waals surface area contributed by atoms with Gasteiger partial charge in [-0.05, 0) is 56.7 Å². The number of carbonyl (C=O) groups excluding carboxylic acids is 2. The molecule has 0 aliphatic heterocycles. The summed E-state index contributed by atoms with van der Waals surface area (Å²) in [6.45, 7) is 1.60. The molecule has 3 atom stereocenters. The Balaban J connectivity index is 1.39. The summed E-state index contributed by atoms with van der Waals surface area (Å²) in [6, 6.07) is 3.13. The highest BCUT2D eigenvalue weighted by molar-refractivity contribution is 6.09. The molecule has 2 aliphatic carbocycles. The van der Waals surface area contributed by atoms with Gasteiger partial charge in [-0.2, -0.15) is 0 Å². The van der Waals surface area contributed by atoms with Gasteiger partial charge in [-0.25, -0.2) is 18.7 Å². The van der Waals surface area contributed by atoms with Crippen molar-refractivity contribution in [3.63, 3.8) is 0 Å². The lowest BCUT2D eigenvalue weighted by Gasteiger charge is -2.32. The number of aryl methyl sites for hydroxylation is 1. The number of nitrogens with one attached hydrogen (secondary N) is 3. The second kappa shape index (κ2) is 10.4. The van der Waals surface area contributed by atoms with E-state index in [1.54, 1.807) is 13.0 Å². The number of carbonyl (C=O) groups is 2. The van der Waals surface area contributed by atoms with E-state index in [2.05, 4.69) is 25.6 Å². The van der Waals surface area contributed by atoms with Gasteiger partial charge < -0.3 is 25.5 Å². The zero-order valence-corrected chi connectivity index (χ0v) is 20.4. The third-order valence-electron chi connectivity index (χ3n) is 6.96. The first kappa shape index (κ1) is 25.1. The van der Waals surface area contributed by atoms with Crippen LogP contribution in [0.5, 0.6) is 5.75 Å². The summed E-state index contributed by atoms with van der Waals surface area (Å²) >= 11 is 0. The Morgan fingerprint density at radius 1 is 1.19 bits per heavy atom. The Labute approximate surface area is 212 Å². The van der Waals surface area contributed by atoms with Crippen molar-refractivity contribution in [2.45, 2.75) is 57.3 Å². The topological polar surface area (TPSA) is 129 Å². The predicted molar refractivity (Wildman–Crippen MR) is 131 cm³/mol. The van der Waals surface area contributed by atoms with Crippen molar-refractivity contribution in [1.29, 1.82) is 0 Å². The highest BCUT2D eigenvalue weighted by atomic mass is 19.1. The minimum absolute atomic E-state index is 0.0408. The molecule has 0 bridgehead atoms. The van der Waals surface area contributed by atoms with Gasteiger partial charge in [-0.3, -0.25) is 9.59 Å². The highest BCUT2D eigenvalue weighted by Crippen LogP contribution is 2.37. The molecule has 196 valence electrons. The lowest BCUT2D eigenvalue weighted by molar-refractivity contribution is -0.124. The van der Waals surface area contributed by atoms with E-state index in [-0.39, 0.29) is 12.0 Å². The number of aromatic nitrogens is 3. The van der Waals surface area contributed by atoms with Gasteiger partial charge in [0, 0.05) is 23.7 Å². The number of nitrogens with zero attached hydrogens (tertiary/aromatic N) is 2. The average Bonchev–Trinajstić information content (AvgIpc) is 3.64. The second-order valence-corrected chi connectivity index (χ2v) is 9.80. The number of benzene rings is 1. The van der Waals surface area contributed by atoms with Crippen molar-refractivity contribution in [1.82, 2.24) is 25.6 Å². The first-order valence-electron chi connectivity index (χ1n) is 12.4. The van der Waals surface area contributed by atoms with E-state index in [1.807, 2.05) is 0 Å². The Morgan fingerprint density at radius 3 is 2.73 bits per heavy atom. The van der Waals surface area contributed by atoms with Crippen molar-refractivity contribution in [3.8, 4) is 17.0 Å². The molecule has 11 heteroatoms. The molecule has 4 N–H and O–H groups in total. The molecule has 1 aromatic carbocycles. The molecule has 3 unspecified atom stereocenters. The summed E-state index contributed by atoms with van der Waals surface area (Å²) in [5.74, 6) is -0.475. The monoisotopic (exact) mass is 513 g/mol. The molecule has 3 aromatic rings. The first-order valence-corrected chi connectivity index (χ1v) is 12.4. The van der Waals surface area contributed by atoms with Crippen LogP contribution < -0.4 is 15.4 Å². The van der Waals surface area contributed by atoms with Crippen molar-refractivity contribution in [2.24, 2.45) is 5.92 Å². The van der Waals surface area contributed by atoms with Crippen LogP contribution in [0.3, 0.4) is 0 Å². The quantitative estimate of drug-likeness (QED) is 0.367. The summed E-state index contributed by atoms with van der Waals surface area (Å²) in [5.41, 5.74) is 2.44. The summed E-state index contributed by atoms with van der Waals surface area (Å²) in [7, 11) is 0. The number of aliphatic hydroxyl groups excluding tert-OH is 1. The number of halogens is 2. The molecule has 2 saturated carbocycles. The smallest absolute Gasteiger partial charge is 0.255 e. The molecule has 2 aliphatic rings. The fourth-order valence-corrected chi connectivity index (χ4v) is 4.83. The summed E-state index contributed by atoms with van der Waals surface area (Å²) in [4.78, 5) is 36.5. The number of aliphatic hydroxyl groups is 1. The number of ether oxygens (including phenoxy) is 1. The van der Waals surface area contributed by atoms with Crippen molar-refractivity contribution in [3.05, 3.63) is 41.6 Å². The van der Waals surface area contributed by atoms with E-state index in [4.69, 9.17) is 9.84 Å². The van der Waals surface area contributed by atoms with Crippen LogP contribution in [0.25, 0.3) is 22.3 Å². The SMILES string of the molecule is Cc1[nH]c2c(-c3cc(F)ccc3OCC3CC3)ncnc2c1C(=O)NC1CCC(NC(=O)CO)CC1F. The van der Waals surface area contributed by atoms with E-state index < -0.39 is 42.5 Å². The Hall–Kier alpha value is -3.60. The van der Waals surface area contributed by atoms with Crippen LogP contribution in [-0.2, 0) is 4.79 Å². The zero-order chi connectivity index (χ0) is 26.1. The first-order chi connectivity index (χ1) is 17.8. The van der Waals surface area contributed by atoms with Crippen molar-refractivity contribution >= 4 is 22.8 Å². The van der Waals surface area contributed by atoms with Gasteiger partial charge in [0.15, 0.2) is 0 Å². The van der Waals surface area contributed by atoms with Gasteiger partial charge in [-0.1, -0.05) is 0 Å².